The Bertz CT molecular complexity index is 638. The van der Waals surface area contributed by atoms with E-state index in [0.29, 0.717) is 12.0 Å². The Labute approximate surface area is 138 Å². The SMILES string of the molecule is CO[C@@H]1CCN(Cc2cc(C)on2)C[C@H]1Cc1cccc(C)c1. The number of nitrogens with zero attached hydrogens (tertiary/aromatic N) is 2. The molecule has 0 spiro atoms. The van der Waals surface area contributed by atoms with Gasteiger partial charge in [-0.2, -0.15) is 0 Å². The highest BCUT2D eigenvalue weighted by Gasteiger charge is 2.29. The maximum absolute atomic E-state index is 5.75. The number of hydrogen-bond donors (Lipinski definition) is 0. The Morgan fingerprint density at radius 1 is 1.30 bits per heavy atom. The lowest BCUT2D eigenvalue weighted by molar-refractivity contribution is -0.00896. The third-order valence-corrected chi connectivity index (χ3v) is 4.69. The summed E-state index contributed by atoms with van der Waals surface area (Å²) in [6, 6.07) is 10.8. The largest absolute Gasteiger partial charge is 0.381 e. The number of rotatable bonds is 5. The highest BCUT2D eigenvalue weighted by Crippen LogP contribution is 2.25. The summed E-state index contributed by atoms with van der Waals surface area (Å²) in [6.45, 7) is 7.04. The van der Waals surface area contributed by atoms with E-state index in [1.54, 1.807) is 0 Å². The summed E-state index contributed by atoms with van der Waals surface area (Å²) in [5.74, 6) is 1.40. The van der Waals surface area contributed by atoms with Crippen molar-refractivity contribution in [2.24, 2.45) is 5.92 Å². The van der Waals surface area contributed by atoms with Crippen molar-refractivity contribution in [2.45, 2.75) is 39.3 Å². The minimum Gasteiger partial charge on any atom is -0.381 e. The third kappa shape index (κ3) is 4.21. The number of ether oxygens (including phenoxy) is 1. The molecular weight excluding hydrogens is 288 g/mol. The fourth-order valence-corrected chi connectivity index (χ4v) is 3.60. The van der Waals surface area contributed by atoms with Crippen LogP contribution < -0.4 is 0 Å². The first-order valence-electron chi connectivity index (χ1n) is 8.37. The Balaban J connectivity index is 1.66. The van der Waals surface area contributed by atoms with E-state index in [4.69, 9.17) is 9.26 Å². The van der Waals surface area contributed by atoms with Gasteiger partial charge >= 0.3 is 0 Å². The molecule has 1 fully saturated rings. The summed E-state index contributed by atoms with van der Waals surface area (Å²) < 4.78 is 10.9. The number of benzene rings is 1. The number of methoxy groups -OCH3 is 1. The van der Waals surface area contributed by atoms with Crippen LogP contribution in [0.5, 0.6) is 0 Å². The van der Waals surface area contributed by atoms with E-state index in [1.165, 1.54) is 11.1 Å². The minimum absolute atomic E-state index is 0.339. The molecular formula is C19H26N2O2. The molecule has 0 saturated carbocycles. The van der Waals surface area contributed by atoms with Gasteiger partial charge in [0.05, 0.1) is 11.8 Å². The molecule has 0 N–H and O–H groups in total. The molecule has 1 aliphatic rings. The topological polar surface area (TPSA) is 38.5 Å². The lowest BCUT2D eigenvalue weighted by Gasteiger charge is -2.37. The maximum atomic E-state index is 5.75. The Morgan fingerprint density at radius 2 is 2.17 bits per heavy atom. The van der Waals surface area contributed by atoms with Gasteiger partial charge in [-0.1, -0.05) is 35.0 Å². The number of aryl methyl sites for hydroxylation is 2. The molecule has 2 heterocycles. The zero-order chi connectivity index (χ0) is 16.2. The summed E-state index contributed by atoms with van der Waals surface area (Å²) in [6.07, 6.45) is 2.48. The lowest BCUT2D eigenvalue weighted by Crippen LogP contribution is -2.44. The second kappa shape index (κ2) is 7.28. The normalized spacial score (nSPS) is 22.4. The van der Waals surface area contributed by atoms with E-state index < -0.39 is 0 Å². The molecule has 4 nitrogen and oxygen atoms in total. The van der Waals surface area contributed by atoms with E-state index in [1.807, 2.05) is 20.1 Å². The minimum atomic E-state index is 0.339. The summed E-state index contributed by atoms with van der Waals surface area (Å²) in [5.41, 5.74) is 3.74. The van der Waals surface area contributed by atoms with Gasteiger partial charge in [-0.3, -0.25) is 4.90 Å². The van der Waals surface area contributed by atoms with Crippen molar-refractivity contribution < 1.29 is 9.26 Å². The summed E-state index contributed by atoms with van der Waals surface area (Å²) in [5, 5.41) is 4.12. The van der Waals surface area contributed by atoms with Crippen molar-refractivity contribution in [3.05, 3.63) is 52.9 Å². The number of aromatic nitrogens is 1. The Morgan fingerprint density at radius 3 is 2.87 bits per heavy atom. The lowest BCUT2D eigenvalue weighted by atomic mass is 9.88. The molecule has 0 unspecified atom stereocenters. The fraction of sp³-hybridized carbons (Fsp3) is 0.526. The first-order chi connectivity index (χ1) is 11.1. The van der Waals surface area contributed by atoms with Crippen molar-refractivity contribution in [3.8, 4) is 0 Å². The molecule has 124 valence electrons. The Hall–Kier alpha value is -1.65. The van der Waals surface area contributed by atoms with Gasteiger partial charge < -0.3 is 9.26 Å². The van der Waals surface area contributed by atoms with Gasteiger partial charge in [0, 0.05) is 38.7 Å². The van der Waals surface area contributed by atoms with Crippen LogP contribution in [0.15, 0.2) is 34.9 Å². The average Bonchev–Trinajstić information content (AvgIpc) is 2.93. The van der Waals surface area contributed by atoms with E-state index in [2.05, 4.69) is 41.2 Å². The Kier molecular flexibility index (Phi) is 5.13. The van der Waals surface area contributed by atoms with Crippen molar-refractivity contribution in [3.63, 3.8) is 0 Å². The molecule has 2 aromatic rings. The van der Waals surface area contributed by atoms with Crippen LogP contribution in [-0.2, 0) is 17.7 Å². The van der Waals surface area contributed by atoms with Crippen LogP contribution in [0.1, 0.15) is 29.0 Å². The molecule has 1 saturated heterocycles. The first kappa shape index (κ1) is 16.2. The molecule has 0 aliphatic carbocycles. The first-order valence-corrected chi connectivity index (χ1v) is 8.37. The van der Waals surface area contributed by atoms with E-state index >= 15 is 0 Å². The molecule has 1 aliphatic heterocycles. The number of hydrogen-bond acceptors (Lipinski definition) is 4. The smallest absolute Gasteiger partial charge is 0.133 e. The predicted molar refractivity (Wildman–Crippen MR) is 90.3 cm³/mol. The summed E-state index contributed by atoms with van der Waals surface area (Å²) in [7, 11) is 1.84. The third-order valence-electron chi connectivity index (χ3n) is 4.69. The second-order valence-corrected chi connectivity index (χ2v) is 6.68. The van der Waals surface area contributed by atoms with E-state index in [-0.39, 0.29) is 0 Å². The van der Waals surface area contributed by atoms with Gasteiger partial charge in [-0.05, 0) is 32.3 Å². The van der Waals surface area contributed by atoms with Crippen LogP contribution in [0.2, 0.25) is 0 Å². The molecule has 1 aromatic heterocycles. The molecule has 3 rings (SSSR count). The molecule has 0 amide bonds. The van der Waals surface area contributed by atoms with Crippen molar-refractivity contribution >= 4 is 0 Å². The predicted octanol–water partition coefficient (Wildman–Crippen LogP) is 3.37. The monoisotopic (exact) mass is 314 g/mol. The standard InChI is InChI=1S/C19H26N2O2/c1-14-5-4-6-16(9-14)11-17-12-21(8-7-19(17)22-3)13-18-10-15(2)23-20-18/h4-6,9-10,17,19H,7-8,11-13H2,1-3H3/t17-,19-/m1/s1. The van der Waals surface area contributed by atoms with Gasteiger partial charge in [0.15, 0.2) is 0 Å². The average molecular weight is 314 g/mol. The van der Waals surface area contributed by atoms with Crippen LogP contribution in [-0.4, -0.2) is 36.4 Å². The van der Waals surface area contributed by atoms with Crippen molar-refractivity contribution in [2.75, 3.05) is 20.2 Å². The highest BCUT2D eigenvalue weighted by molar-refractivity contribution is 5.23. The van der Waals surface area contributed by atoms with Crippen LogP contribution in [0, 0.1) is 19.8 Å². The second-order valence-electron chi connectivity index (χ2n) is 6.68. The molecule has 23 heavy (non-hydrogen) atoms. The van der Waals surface area contributed by atoms with Crippen LogP contribution >= 0.6 is 0 Å². The van der Waals surface area contributed by atoms with Crippen LogP contribution in [0.4, 0.5) is 0 Å². The van der Waals surface area contributed by atoms with Gasteiger partial charge in [-0.25, -0.2) is 0 Å². The van der Waals surface area contributed by atoms with Gasteiger partial charge in [0.1, 0.15) is 5.76 Å². The quantitative estimate of drug-likeness (QED) is 0.848. The highest BCUT2D eigenvalue weighted by atomic mass is 16.5. The number of likely N-dealkylation sites (tertiary alicyclic amines) is 1. The molecule has 0 radical (unpaired) electrons. The maximum Gasteiger partial charge on any atom is 0.133 e. The van der Waals surface area contributed by atoms with Crippen LogP contribution in [0.25, 0.3) is 0 Å². The zero-order valence-corrected chi connectivity index (χ0v) is 14.3. The van der Waals surface area contributed by atoms with Gasteiger partial charge in [-0.15, -0.1) is 0 Å². The van der Waals surface area contributed by atoms with Crippen molar-refractivity contribution in [1.82, 2.24) is 10.1 Å². The number of piperidine rings is 1. The molecule has 0 bridgehead atoms. The van der Waals surface area contributed by atoms with Crippen molar-refractivity contribution in [1.29, 1.82) is 0 Å². The zero-order valence-electron chi connectivity index (χ0n) is 14.3. The van der Waals surface area contributed by atoms with E-state index in [0.717, 1.165) is 43.9 Å². The summed E-state index contributed by atoms with van der Waals surface area (Å²) >= 11 is 0. The van der Waals surface area contributed by atoms with Gasteiger partial charge in [0.2, 0.25) is 0 Å². The van der Waals surface area contributed by atoms with Gasteiger partial charge in [0.25, 0.3) is 0 Å². The molecule has 2 atom stereocenters. The van der Waals surface area contributed by atoms with Crippen LogP contribution in [0.3, 0.4) is 0 Å². The summed E-state index contributed by atoms with van der Waals surface area (Å²) in [4.78, 5) is 2.47. The fourth-order valence-electron chi connectivity index (χ4n) is 3.60. The van der Waals surface area contributed by atoms with E-state index in [9.17, 15) is 0 Å². The molecule has 1 aromatic carbocycles. The molecule has 4 heteroatoms.